The first-order valence-corrected chi connectivity index (χ1v) is 6.26. The molecule has 1 rings (SSSR count). The molecule has 0 amide bonds. The highest BCUT2D eigenvalue weighted by Crippen LogP contribution is 2.32. The monoisotopic (exact) mass is 291 g/mol. The zero-order valence-electron chi connectivity index (χ0n) is 8.13. The molecule has 0 spiro atoms. The first-order chi connectivity index (χ1) is 7.52. The summed E-state index contributed by atoms with van der Waals surface area (Å²) in [5, 5.41) is 0. The van der Waals surface area contributed by atoms with Crippen molar-refractivity contribution >= 4 is 19.7 Å². The van der Waals surface area contributed by atoms with E-state index in [1.54, 1.807) is 0 Å². The fourth-order valence-electron chi connectivity index (χ4n) is 1.02. The molecular weight excluding hydrogens is 287 g/mol. The average Bonchev–Trinajstić information content (AvgIpc) is 2.08. The lowest BCUT2D eigenvalue weighted by molar-refractivity contribution is -0.275. The van der Waals surface area contributed by atoms with Gasteiger partial charge in [0.25, 0.3) is 14.6 Å². The van der Waals surface area contributed by atoms with Crippen LogP contribution >= 0.6 is 10.7 Å². The number of hydrogen-bond acceptors (Lipinski definition) is 4. The minimum Gasteiger partial charge on any atom is -0.404 e. The quantitative estimate of drug-likeness (QED) is 0.838. The van der Waals surface area contributed by atoms with Gasteiger partial charge in [0.1, 0.15) is 4.90 Å². The van der Waals surface area contributed by atoms with E-state index in [-0.39, 0.29) is 0 Å². The normalized spacial score (nSPS) is 12.5. The smallest absolute Gasteiger partial charge is 0.404 e. The maximum absolute atomic E-state index is 12.0. The number of aromatic nitrogens is 1. The first kappa shape index (κ1) is 13.8. The van der Waals surface area contributed by atoms with Crippen molar-refractivity contribution in [3.63, 3.8) is 0 Å². The maximum Gasteiger partial charge on any atom is 0.573 e. The Bertz CT molecular complexity index is 592. The lowest BCUT2D eigenvalue weighted by atomic mass is 10.3. The van der Waals surface area contributed by atoms with E-state index in [0.717, 1.165) is 6.92 Å². The van der Waals surface area contributed by atoms with Crippen molar-refractivity contribution in [1.29, 1.82) is 0 Å². The molecule has 0 unspecified atom stereocenters. The molecule has 10 heteroatoms. The number of H-pyrrole nitrogens is 1. The second-order valence-electron chi connectivity index (χ2n) is 2.92. The summed E-state index contributed by atoms with van der Waals surface area (Å²) in [5.41, 5.74) is -1.45. The Kier molecular flexibility index (Phi) is 3.44. The van der Waals surface area contributed by atoms with E-state index in [1.807, 2.05) is 4.98 Å². The van der Waals surface area contributed by atoms with Crippen molar-refractivity contribution in [3.8, 4) is 5.75 Å². The average molecular weight is 292 g/mol. The van der Waals surface area contributed by atoms with Crippen molar-refractivity contribution in [1.82, 2.24) is 4.98 Å². The van der Waals surface area contributed by atoms with Crippen molar-refractivity contribution in [2.75, 3.05) is 0 Å². The molecule has 1 aromatic rings. The minimum absolute atomic E-state index is 0.538. The molecule has 5 nitrogen and oxygen atoms in total. The summed E-state index contributed by atoms with van der Waals surface area (Å²) in [5.74, 6) is -1.13. The fraction of sp³-hybridized carbons (Fsp3) is 0.286. The van der Waals surface area contributed by atoms with Crippen molar-refractivity contribution in [2.24, 2.45) is 0 Å². The van der Waals surface area contributed by atoms with E-state index >= 15 is 0 Å². The van der Waals surface area contributed by atoms with Gasteiger partial charge in [-0.1, -0.05) is 0 Å². The molecule has 0 aliphatic rings. The molecule has 1 N–H and O–H groups in total. The zero-order valence-corrected chi connectivity index (χ0v) is 9.70. The van der Waals surface area contributed by atoms with Crippen molar-refractivity contribution in [3.05, 3.63) is 22.1 Å². The summed E-state index contributed by atoms with van der Waals surface area (Å²) in [4.78, 5) is 12.0. The Balaban J connectivity index is 3.54. The summed E-state index contributed by atoms with van der Waals surface area (Å²) < 4.78 is 61.6. The van der Waals surface area contributed by atoms with Crippen LogP contribution in [0.5, 0.6) is 5.75 Å². The minimum atomic E-state index is -5.13. The highest BCUT2D eigenvalue weighted by atomic mass is 35.7. The number of pyridine rings is 1. The number of alkyl halides is 3. The van der Waals surface area contributed by atoms with Crippen LogP contribution in [0.4, 0.5) is 13.2 Å². The SMILES string of the molecule is Cc1c(OC(F)(F)F)c(S(=O)(=O)Cl)c[nH]c1=O. The van der Waals surface area contributed by atoms with E-state index in [9.17, 15) is 26.4 Å². The van der Waals surface area contributed by atoms with E-state index < -0.39 is 37.2 Å². The van der Waals surface area contributed by atoms with Gasteiger partial charge in [-0.3, -0.25) is 4.79 Å². The molecule has 0 fully saturated rings. The van der Waals surface area contributed by atoms with Gasteiger partial charge in [-0.15, -0.1) is 13.2 Å². The van der Waals surface area contributed by atoms with Gasteiger partial charge in [0.05, 0.1) is 5.56 Å². The summed E-state index contributed by atoms with van der Waals surface area (Å²) in [6.07, 6.45) is -4.59. The number of nitrogens with one attached hydrogen (secondary N) is 1. The van der Waals surface area contributed by atoms with E-state index in [2.05, 4.69) is 4.74 Å². The second-order valence-corrected chi connectivity index (χ2v) is 5.46. The Hall–Kier alpha value is -1.22. The third-order valence-corrected chi connectivity index (χ3v) is 3.05. The van der Waals surface area contributed by atoms with Crippen LogP contribution in [0.3, 0.4) is 0 Å². The largest absolute Gasteiger partial charge is 0.573 e. The first-order valence-electron chi connectivity index (χ1n) is 3.95. The summed E-state index contributed by atoms with van der Waals surface area (Å²) in [6.45, 7) is 0.978. The van der Waals surface area contributed by atoms with Crippen LogP contribution in [-0.2, 0) is 9.05 Å². The van der Waals surface area contributed by atoms with Crippen LogP contribution in [0.2, 0.25) is 0 Å². The Labute approximate surface area is 97.6 Å². The van der Waals surface area contributed by atoms with Crippen LogP contribution in [0.15, 0.2) is 15.9 Å². The topological polar surface area (TPSA) is 76.2 Å². The molecule has 0 bridgehead atoms. The molecule has 0 aliphatic carbocycles. The number of aromatic amines is 1. The molecule has 0 saturated heterocycles. The molecule has 0 saturated carbocycles. The van der Waals surface area contributed by atoms with Gasteiger partial charge < -0.3 is 9.72 Å². The van der Waals surface area contributed by atoms with Gasteiger partial charge in [0.15, 0.2) is 5.75 Å². The Morgan fingerprint density at radius 1 is 1.41 bits per heavy atom. The molecule has 96 valence electrons. The number of halogens is 4. The Morgan fingerprint density at radius 2 is 1.94 bits per heavy atom. The van der Waals surface area contributed by atoms with Crippen molar-refractivity contribution in [2.45, 2.75) is 18.2 Å². The van der Waals surface area contributed by atoms with Crippen LogP contribution in [0.25, 0.3) is 0 Å². The van der Waals surface area contributed by atoms with E-state index in [4.69, 9.17) is 10.7 Å². The fourth-order valence-corrected chi connectivity index (χ4v) is 1.98. The summed E-state index contributed by atoms with van der Waals surface area (Å²) in [7, 11) is 0.452. The van der Waals surface area contributed by atoms with Gasteiger partial charge in [0.2, 0.25) is 0 Å². The molecule has 0 aliphatic heterocycles. The Morgan fingerprint density at radius 3 is 2.35 bits per heavy atom. The molecule has 1 heterocycles. The van der Waals surface area contributed by atoms with Crippen LogP contribution < -0.4 is 10.3 Å². The van der Waals surface area contributed by atoms with Crippen LogP contribution in [-0.4, -0.2) is 19.8 Å². The summed E-state index contributed by atoms with van der Waals surface area (Å²) >= 11 is 0. The molecule has 1 aromatic heterocycles. The van der Waals surface area contributed by atoms with Gasteiger partial charge in [-0.05, 0) is 6.92 Å². The van der Waals surface area contributed by atoms with Gasteiger partial charge in [-0.2, -0.15) is 0 Å². The van der Waals surface area contributed by atoms with Crippen LogP contribution in [0.1, 0.15) is 5.56 Å². The van der Waals surface area contributed by atoms with Crippen LogP contribution in [0, 0.1) is 6.92 Å². The molecule has 0 atom stereocenters. The zero-order chi connectivity index (χ0) is 13.4. The lowest BCUT2D eigenvalue weighted by Crippen LogP contribution is -2.22. The second kappa shape index (κ2) is 4.22. The third kappa shape index (κ3) is 3.37. The summed E-state index contributed by atoms with van der Waals surface area (Å²) in [6, 6.07) is 0. The van der Waals surface area contributed by atoms with E-state index in [1.165, 1.54) is 0 Å². The highest BCUT2D eigenvalue weighted by Gasteiger charge is 2.35. The van der Waals surface area contributed by atoms with Crippen molar-refractivity contribution < 1.29 is 26.3 Å². The predicted molar refractivity (Wildman–Crippen MR) is 51.5 cm³/mol. The van der Waals surface area contributed by atoms with Gasteiger partial charge in [0, 0.05) is 16.9 Å². The van der Waals surface area contributed by atoms with E-state index in [0.29, 0.717) is 6.20 Å². The molecule has 17 heavy (non-hydrogen) atoms. The molecule has 0 radical (unpaired) electrons. The standard InChI is InChI=1S/C7H5ClF3NO4S/c1-3-5(16-7(9,10)11)4(17(8,14)15)2-12-6(3)13/h2H,1H3,(H,12,13). The third-order valence-electron chi connectivity index (χ3n) is 1.72. The number of rotatable bonds is 2. The number of ether oxygens (including phenoxy) is 1. The molecular formula is C7H5ClF3NO4S. The maximum atomic E-state index is 12.0. The predicted octanol–water partition coefficient (Wildman–Crippen LogP) is 1.51. The lowest BCUT2D eigenvalue weighted by Gasteiger charge is -2.13. The van der Waals surface area contributed by atoms with Gasteiger partial charge >= 0.3 is 6.36 Å². The number of hydrogen-bond donors (Lipinski definition) is 1. The van der Waals surface area contributed by atoms with Gasteiger partial charge in [-0.25, -0.2) is 8.42 Å². The molecule has 0 aromatic carbocycles. The highest BCUT2D eigenvalue weighted by molar-refractivity contribution is 8.13.